The maximum Gasteiger partial charge on any atom is 0.154 e. The molecule has 22 heavy (non-hydrogen) atoms. The van der Waals surface area contributed by atoms with Gasteiger partial charge in [0.25, 0.3) is 0 Å². The Morgan fingerprint density at radius 3 is 2.36 bits per heavy atom. The molecule has 3 aromatic rings. The summed E-state index contributed by atoms with van der Waals surface area (Å²) in [6.07, 6.45) is 5.42. The summed E-state index contributed by atoms with van der Waals surface area (Å²) < 4.78 is 14.9. The second-order valence-electron chi connectivity index (χ2n) is 5.36. The average molecular weight is 297 g/mol. The van der Waals surface area contributed by atoms with Crippen molar-refractivity contribution in [3.63, 3.8) is 0 Å². The molecule has 1 aliphatic rings. The highest BCUT2D eigenvalue weighted by Gasteiger charge is 2.20. The first-order valence-corrected chi connectivity index (χ1v) is 7.35. The number of hydrogen-bond donors (Lipinski definition) is 0. The van der Waals surface area contributed by atoms with E-state index in [0.29, 0.717) is 0 Å². The van der Waals surface area contributed by atoms with Gasteiger partial charge >= 0.3 is 0 Å². The van der Waals surface area contributed by atoms with Crippen molar-refractivity contribution in [3.8, 4) is 0 Å². The van der Waals surface area contributed by atoms with E-state index in [2.05, 4.69) is 19.9 Å². The number of halogens is 1. The standard InChI is InChI=1S/C16H16FN5/c17-13-1-3-14(4-2-13)20-9-11-21(12-10-20)16-15-5-6-19-22(15)8-7-18-16/h1-8H,9-12H2. The zero-order valence-electron chi connectivity index (χ0n) is 12.1. The quantitative estimate of drug-likeness (QED) is 0.726. The van der Waals surface area contributed by atoms with Crippen molar-refractivity contribution in [2.45, 2.75) is 0 Å². The molecule has 112 valence electrons. The molecule has 1 fully saturated rings. The average Bonchev–Trinajstić information content (AvgIpc) is 3.04. The number of anilines is 2. The van der Waals surface area contributed by atoms with Crippen molar-refractivity contribution in [1.82, 2.24) is 14.6 Å². The smallest absolute Gasteiger partial charge is 0.154 e. The molecule has 0 bridgehead atoms. The van der Waals surface area contributed by atoms with Crippen LogP contribution in [-0.2, 0) is 0 Å². The van der Waals surface area contributed by atoms with Crippen LogP contribution in [0.15, 0.2) is 48.9 Å². The Morgan fingerprint density at radius 2 is 1.59 bits per heavy atom. The second-order valence-corrected chi connectivity index (χ2v) is 5.36. The molecular weight excluding hydrogens is 281 g/mol. The van der Waals surface area contributed by atoms with Gasteiger partial charge in [-0.3, -0.25) is 0 Å². The van der Waals surface area contributed by atoms with Gasteiger partial charge in [-0.2, -0.15) is 5.10 Å². The Hall–Kier alpha value is -2.63. The van der Waals surface area contributed by atoms with Gasteiger partial charge < -0.3 is 9.80 Å². The summed E-state index contributed by atoms with van der Waals surface area (Å²) in [4.78, 5) is 9.05. The van der Waals surface area contributed by atoms with Crippen molar-refractivity contribution in [3.05, 3.63) is 54.7 Å². The minimum absolute atomic E-state index is 0.195. The Labute approximate surface area is 127 Å². The summed E-state index contributed by atoms with van der Waals surface area (Å²) in [7, 11) is 0. The van der Waals surface area contributed by atoms with Crippen molar-refractivity contribution in [1.29, 1.82) is 0 Å². The predicted octanol–water partition coefficient (Wildman–Crippen LogP) is 2.20. The fourth-order valence-corrected chi connectivity index (χ4v) is 2.92. The second kappa shape index (κ2) is 5.29. The summed E-state index contributed by atoms with van der Waals surface area (Å²) in [5.41, 5.74) is 2.09. The number of fused-ring (bicyclic) bond motifs is 1. The largest absolute Gasteiger partial charge is 0.368 e. The molecule has 0 atom stereocenters. The van der Waals surface area contributed by atoms with Crippen LogP contribution in [0.1, 0.15) is 0 Å². The molecule has 2 aromatic heterocycles. The van der Waals surface area contributed by atoms with Crippen LogP contribution in [0, 0.1) is 5.82 Å². The third kappa shape index (κ3) is 2.26. The van der Waals surface area contributed by atoms with Crippen LogP contribution in [0.25, 0.3) is 5.52 Å². The summed E-state index contributed by atoms with van der Waals surface area (Å²) in [6, 6.07) is 8.67. The molecule has 4 rings (SSSR count). The van der Waals surface area contributed by atoms with E-state index in [0.717, 1.165) is 43.2 Å². The summed E-state index contributed by atoms with van der Waals surface area (Å²) in [5, 5.41) is 4.25. The molecule has 1 aliphatic heterocycles. The lowest BCUT2D eigenvalue weighted by molar-refractivity contribution is 0.624. The monoisotopic (exact) mass is 297 g/mol. The normalized spacial score (nSPS) is 15.5. The van der Waals surface area contributed by atoms with E-state index in [1.165, 1.54) is 12.1 Å². The van der Waals surface area contributed by atoms with E-state index in [1.807, 2.05) is 28.9 Å². The van der Waals surface area contributed by atoms with Crippen molar-refractivity contribution < 1.29 is 4.39 Å². The van der Waals surface area contributed by atoms with Crippen LogP contribution in [0.5, 0.6) is 0 Å². The minimum Gasteiger partial charge on any atom is -0.368 e. The predicted molar refractivity (Wildman–Crippen MR) is 83.8 cm³/mol. The Bertz CT molecular complexity index is 775. The van der Waals surface area contributed by atoms with Crippen LogP contribution in [0.4, 0.5) is 15.9 Å². The Balaban J connectivity index is 1.52. The number of benzene rings is 1. The number of hydrogen-bond acceptors (Lipinski definition) is 4. The molecule has 5 nitrogen and oxygen atoms in total. The molecule has 0 spiro atoms. The summed E-state index contributed by atoms with van der Waals surface area (Å²) in [6.45, 7) is 3.55. The van der Waals surface area contributed by atoms with E-state index in [4.69, 9.17) is 0 Å². The van der Waals surface area contributed by atoms with Crippen LogP contribution in [-0.4, -0.2) is 40.8 Å². The summed E-state index contributed by atoms with van der Waals surface area (Å²) in [5.74, 6) is 0.776. The van der Waals surface area contributed by atoms with Crippen molar-refractivity contribution in [2.24, 2.45) is 0 Å². The molecule has 0 amide bonds. The van der Waals surface area contributed by atoms with E-state index < -0.39 is 0 Å². The van der Waals surface area contributed by atoms with E-state index in [-0.39, 0.29) is 5.82 Å². The minimum atomic E-state index is -0.195. The van der Waals surface area contributed by atoms with Gasteiger partial charge in [-0.05, 0) is 30.3 Å². The van der Waals surface area contributed by atoms with Gasteiger partial charge in [0.15, 0.2) is 5.82 Å². The SMILES string of the molecule is Fc1ccc(N2CCN(c3nccn4nccc34)CC2)cc1. The lowest BCUT2D eigenvalue weighted by Crippen LogP contribution is -2.47. The zero-order chi connectivity index (χ0) is 14.9. The maximum absolute atomic E-state index is 13.0. The maximum atomic E-state index is 13.0. The van der Waals surface area contributed by atoms with Gasteiger partial charge in [0.1, 0.15) is 11.3 Å². The Kier molecular flexibility index (Phi) is 3.14. The first kappa shape index (κ1) is 13.1. The lowest BCUT2D eigenvalue weighted by Gasteiger charge is -2.36. The van der Waals surface area contributed by atoms with E-state index in [1.54, 1.807) is 12.4 Å². The third-order valence-electron chi connectivity index (χ3n) is 4.08. The van der Waals surface area contributed by atoms with Gasteiger partial charge in [0.2, 0.25) is 0 Å². The van der Waals surface area contributed by atoms with Gasteiger partial charge in [0.05, 0.1) is 6.20 Å². The van der Waals surface area contributed by atoms with Gasteiger partial charge in [-0.1, -0.05) is 0 Å². The number of rotatable bonds is 2. The van der Waals surface area contributed by atoms with Crippen LogP contribution in [0.2, 0.25) is 0 Å². The van der Waals surface area contributed by atoms with Crippen molar-refractivity contribution >= 4 is 17.0 Å². The molecule has 6 heteroatoms. The number of piperazine rings is 1. The lowest BCUT2D eigenvalue weighted by atomic mass is 10.2. The highest BCUT2D eigenvalue weighted by molar-refractivity contribution is 5.68. The van der Waals surface area contributed by atoms with E-state index >= 15 is 0 Å². The molecular formula is C16H16FN5. The molecule has 0 N–H and O–H groups in total. The van der Waals surface area contributed by atoms with Crippen LogP contribution < -0.4 is 9.80 Å². The van der Waals surface area contributed by atoms with E-state index in [9.17, 15) is 4.39 Å². The molecule has 3 heterocycles. The van der Waals surface area contributed by atoms with Crippen molar-refractivity contribution in [2.75, 3.05) is 36.0 Å². The zero-order valence-corrected chi connectivity index (χ0v) is 12.1. The van der Waals surface area contributed by atoms with Crippen LogP contribution in [0.3, 0.4) is 0 Å². The first-order valence-electron chi connectivity index (χ1n) is 7.35. The fraction of sp³-hybridized carbons (Fsp3) is 0.250. The summed E-state index contributed by atoms with van der Waals surface area (Å²) >= 11 is 0. The topological polar surface area (TPSA) is 36.7 Å². The number of aromatic nitrogens is 3. The molecule has 0 saturated carbocycles. The molecule has 0 aliphatic carbocycles. The highest BCUT2D eigenvalue weighted by Crippen LogP contribution is 2.22. The third-order valence-corrected chi connectivity index (χ3v) is 4.08. The fourth-order valence-electron chi connectivity index (χ4n) is 2.92. The molecule has 1 aromatic carbocycles. The van der Waals surface area contributed by atoms with Crippen LogP contribution >= 0.6 is 0 Å². The highest BCUT2D eigenvalue weighted by atomic mass is 19.1. The van der Waals surface area contributed by atoms with Gasteiger partial charge in [-0.25, -0.2) is 13.9 Å². The number of nitrogens with zero attached hydrogens (tertiary/aromatic N) is 5. The van der Waals surface area contributed by atoms with Gasteiger partial charge in [-0.15, -0.1) is 0 Å². The Morgan fingerprint density at radius 1 is 0.864 bits per heavy atom. The molecule has 0 unspecified atom stereocenters. The molecule has 0 radical (unpaired) electrons. The first-order chi connectivity index (χ1) is 10.8. The van der Waals surface area contributed by atoms with Gasteiger partial charge in [0, 0.05) is 44.3 Å². The molecule has 1 saturated heterocycles.